The first-order valence-corrected chi connectivity index (χ1v) is 11.0. The Morgan fingerprint density at radius 2 is 2.00 bits per heavy atom. The fourth-order valence-electron chi connectivity index (χ4n) is 3.32. The van der Waals surface area contributed by atoms with Crippen LogP contribution in [-0.4, -0.2) is 42.5 Å². The molecule has 1 heterocycles. The number of hydrogen-bond donors (Lipinski definition) is 1. The number of nitrogens with zero attached hydrogens (tertiary/aromatic N) is 1. The van der Waals surface area contributed by atoms with Crippen LogP contribution in [0.2, 0.25) is 0 Å². The second-order valence-corrected chi connectivity index (χ2v) is 9.18. The van der Waals surface area contributed by atoms with Crippen molar-refractivity contribution in [3.05, 3.63) is 42.5 Å². The number of unbranched alkanes of at least 4 members (excludes halogenated alkanes) is 1. The fourth-order valence-corrected chi connectivity index (χ4v) is 5.40. The highest BCUT2D eigenvalue weighted by Crippen LogP contribution is 2.25. The van der Waals surface area contributed by atoms with Crippen molar-refractivity contribution in [2.24, 2.45) is 0 Å². The Labute approximate surface area is 155 Å². The smallest absolute Gasteiger partial charge is 0.173 e. The second-order valence-electron chi connectivity index (χ2n) is 6.56. The molecule has 0 amide bonds. The topological polar surface area (TPSA) is 49.4 Å². The van der Waals surface area contributed by atoms with E-state index in [1.807, 2.05) is 24.3 Å². The highest BCUT2D eigenvalue weighted by Gasteiger charge is 2.33. The summed E-state index contributed by atoms with van der Waals surface area (Å²) in [7, 11) is -2.94. The molecule has 4 nitrogen and oxygen atoms in total. The van der Waals surface area contributed by atoms with E-state index in [2.05, 4.69) is 35.3 Å². The predicted octanol–water partition coefficient (Wildman–Crippen LogP) is 3.83. The van der Waals surface area contributed by atoms with Crippen molar-refractivity contribution in [2.45, 2.75) is 32.2 Å². The molecule has 2 aromatic carbocycles. The van der Waals surface area contributed by atoms with Crippen LogP contribution in [0.1, 0.15) is 26.2 Å². The van der Waals surface area contributed by atoms with Crippen LogP contribution in [0, 0.1) is 0 Å². The van der Waals surface area contributed by atoms with Gasteiger partial charge in [-0.3, -0.25) is 0 Å². The quantitative estimate of drug-likeness (QED) is 0.804. The van der Waals surface area contributed by atoms with E-state index in [4.69, 9.17) is 12.2 Å². The SMILES string of the molecule is CCCCN(C(=S)Nc1cccc2ccccc12)C1CCS(=O)(=O)C1. The second kappa shape index (κ2) is 7.70. The van der Waals surface area contributed by atoms with Crippen molar-refractivity contribution in [1.82, 2.24) is 4.90 Å². The Hall–Kier alpha value is -1.66. The molecule has 1 aliphatic heterocycles. The van der Waals surface area contributed by atoms with Crippen molar-refractivity contribution in [1.29, 1.82) is 0 Å². The van der Waals surface area contributed by atoms with Crippen LogP contribution < -0.4 is 5.32 Å². The van der Waals surface area contributed by atoms with Gasteiger partial charge >= 0.3 is 0 Å². The van der Waals surface area contributed by atoms with Gasteiger partial charge in [-0.25, -0.2) is 8.42 Å². The van der Waals surface area contributed by atoms with E-state index in [0.29, 0.717) is 11.5 Å². The molecule has 0 bridgehead atoms. The lowest BCUT2D eigenvalue weighted by Gasteiger charge is -2.31. The Morgan fingerprint density at radius 1 is 1.24 bits per heavy atom. The van der Waals surface area contributed by atoms with Crippen molar-refractivity contribution in [2.75, 3.05) is 23.4 Å². The highest BCUT2D eigenvalue weighted by atomic mass is 32.2. The van der Waals surface area contributed by atoms with Crippen LogP contribution in [0.4, 0.5) is 5.69 Å². The van der Waals surface area contributed by atoms with Gasteiger partial charge in [0.05, 0.1) is 11.5 Å². The molecule has 2 aromatic rings. The first-order chi connectivity index (χ1) is 12.0. The van der Waals surface area contributed by atoms with Gasteiger partial charge in [-0.15, -0.1) is 0 Å². The van der Waals surface area contributed by atoms with Crippen LogP contribution >= 0.6 is 12.2 Å². The molecule has 1 atom stereocenters. The molecule has 25 heavy (non-hydrogen) atoms. The Bertz CT molecular complexity index is 859. The molecule has 1 aliphatic rings. The van der Waals surface area contributed by atoms with Crippen LogP contribution in [0.25, 0.3) is 10.8 Å². The first-order valence-electron chi connectivity index (χ1n) is 8.76. The highest BCUT2D eigenvalue weighted by molar-refractivity contribution is 7.91. The van der Waals surface area contributed by atoms with Gasteiger partial charge in [0.2, 0.25) is 0 Å². The molecule has 0 aromatic heterocycles. The molecule has 0 aliphatic carbocycles. The summed E-state index contributed by atoms with van der Waals surface area (Å²) in [5.41, 5.74) is 0.963. The maximum Gasteiger partial charge on any atom is 0.173 e. The minimum atomic E-state index is -2.94. The molecule has 0 spiro atoms. The predicted molar refractivity (Wildman–Crippen MR) is 109 cm³/mol. The molecular weight excluding hydrogens is 352 g/mol. The molecule has 1 saturated heterocycles. The number of nitrogens with one attached hydrogen (secondary N) is 1. The molecule has 0 radical (unpaired) electrons. The number of rotatable bonds is 5. The van der Waals surface area contributed by atoms with Gasteiger partial charge in [0, 0.05) is 23.7 Å². The van der Waals surface area contributed by atoms with E-state index in [0.717, 1.165) is 35.8 Å². The number of hydrogen-bond acceptors (Lipinski definition) is 3. The third-order valence-corrected chi connectivity index (χ3v) is 6.78. The van der Waals surface area contributed by atoms with Gasteiger partial charge in [-0.2, -0.15) is 0 Å². The average Bonchev–Trinajstić information content (AvgIpc) is 2.95. The summed E-state index contributed by atoms with van der Waals surface area (Å²) < 4.78 is 23.8. The Morgan fingerprint density at radius 3 is 2.72 bits per heavy atom. The largest absolute Gasteiger partial charge is 0.345 e. The van der Waals surface area contributed by atoms with Gasteiger partial charge < -0.3 is 10.2 Å². The Kier molecular flexibility index (Phi) is 5.59. The van der Waals surface area contributed by atoms with Gasteiger partial charge in [0.1, 0.15) is 0 Å². The summed E-state index contributed by atoms with van der Waals surface area (Å²) in [4.78, 5) is 2.07. The van der Waals surface area contributed by atoms with Crippen molar-refractivity contribution in [3.63, 3.8) is 0 Å². The molecule has 134 valence electrons. The van der Waals surface area contributed by atoms with Crippen molar-refractivity contribution >= 4 is 43.6 Å². The number of fused-ring (bicyclic) bond motifs is 1. The third kappa shape index (κ3) is 4.30. The number of thiocarbonyl (C=S) groups is 1. The fraction of sp³-hybridized carbons (Fsp3) is 0.421. The van der Waals surface area contributed by atoms with Crippen LogP contribution in [-0.2, 0) is 9.84 Å². The third-order valence-electron chi connectivity index (χ3n) is 4.69. The molecule has 6 heteroatoms. The summed E-state index contributed by atoms with van der Waals surface area (Å²) in [5, 5.41) is 6.24. The molecular formula is C19H24N2O2S2. The van der Waals surface area contributed by atoms with E-state index in [-0.39, 0.29) is 17.5 Å². The zero-order valence-electron chi connectivity index (χ0n) is 14.4. The minimum absolute atomic E-state index is 0.0217. The van der Waals surface area contributed by atoms with Gasteiger partial charge in [-0.05, 0) is 36.5 Å². The van der Waals surface area contributed by atoms with E-state index in [9.17, 15) is 8.42 Å². The van der Waals surface area contributed by atoms with Gasteiger partial charge in [-0.1, -0.05) is 49.7 Å². The lowest BCUT2D eigenvalue weighted by Crippen LogP contribution is -2.44. The standard InChI is InChI=1S/C19H24N2O2S2/c1-2-3-12-21(16-11-13-25(22,23)14-16)19(24)20-18-10-6-8-15-7-4-5-9-17(15)18/h4-10,16H,2-3,11-14H2,1H3,(H,20,24). The van der Waals surface area contributed by atoms with E-state index >= 15 is 0 Å². The van der Waals surface area contributed by atoms with Crippen molar-refractivity contribution in [3.8, 4) is 0 Å². The normalized spacial score (nSPS) is 19.0. The van der Waals surface area contributed by atoms with Gasteiger partial charge in [0.15, 0.2) is 14.9 Å². The first kappa shape index (κ1) is 18.1. The van der Waals surface area contributed by atoms with E-state index < -0.39 is 9.84 Å². The van der Waals surface area contributed by atoms with Crippen LogP contribution in [0.3, 0.4) is 0 Å². The van der Waals surface area contributed by atoms with Crippen molar-refractivity contribution < 1.29 is 8.42 Å². The molecule has 0 saturated carbocycles. The minimum Gasteiger partial charge on any atom is -0.345 e. The van der Waals surface area contributed by atoms with Crippen LogP contribution in [0.15, 0.2) is 42.5 Å². The lowest BCUT2D eigenvalue weighted by atomic mass is 10.1. The zero-order valence-corrected chi connectivity index (χ0v) is 16.1. The van der Waals surface area contributed by atoms with Gasteiger partial charge in [0.25, 0.3) is 0 Å². The number of benzene rings is 2. The monoisotopic (exact) mass is 376 g/mol. The number of anilines is 1. The molecule has 1 unspecified atom stereocenters. The maximum atomic E-state index is 11.9. The summed E-state index contributed by atoms with van der Waals surface area (Å²) in [6, 6.07) is 14.2. The Balaban J connectivity index is 1.82. The average molecular weight is 377 g/mol. The summed E-state index contributed by atoms with van der Waals surface area (Å²) in [5.74, 6) is 0.464. The zero-order chi connectivity index (χ0) is 17.9. The van der Waals surface area contributed by atoms with E-state index in [1.54, 1.807) is 0 Å². The summed E-state index contributed by atoms with van der Waals surface area (Å²) in [6.07, 6.45) is 2.70. The summed E-state index contributed by atoms with van der Waals surface area (Å²) >= 11 is 5.67. The maximum absolute atomic E-state index is 11.9. The molecule has 3 rings (SSSR count). The van der Waals surface area contributed by atoms with Crippen LogP contribution in [0.5, 0.6) is 0 Å². The lowest BCUT2D eigenvalue weighted by molar-refractivity contribution is 0.333. The molecule has 1 N–H and O–H groups in total. The molecule has 1 fully saturated rings. The number of sulfone groups is 1. The van der Waals surface area contributed by atoms with E-state index in [1.165, 1.54) is 0 Å². The summed E-state index contributed by atoms with van der Waals surface area (Å²) in [6.45, 7) is 2.91.